The number of hydrogen-bond donors (Lipinski definition) is 5. The highest BCUT2D eigenvalue weighted by atomic mass is 35.5. The normalized spacial score (nSPS) is 14.4. The molecule has 0 bridgehead atoms. The molecule has 0 atom stereocenters. The minimum atomic E-state index is -0.610. The Balaban J connectivity index is 0.00000450. The van der Waals surface area contributed by atoms with Gasteiger partial charge in [0, 0.05) is 19.7 Å². The van der Waals surface area contributed by atoms with E-state index in [0.29, 0.717) is 18.9 Å². The summed E-state index contributed by atoms with van der Waals surface area (Å²) in [5.41, 5.74) is 16.7. The van der Waals surface area contributed by atoms with E-state index in [1.165, 1.54) is 0 Å². The van der Waals surface area contributed by atoms with Crippen LogP contribution < -0.4 is 17.2 Å². The van der Waals surface area contributed by atoms with Crippen molar-refractivity contribution in [3.63, 3.8) is 0 Å². The van der Waals surface area contributed by atoms with E-state index in [2.05, 4.69) is 14.9 Å². The smallest absolute Gasteiger partial charge is 0.283 e. The van der Waals surface area contributed by atoms with Crippen molar-refractivity contribution in [2.24, 2.45) is 11.7 Å². The Bertz CT molecular complexity index is 717. The highest BCUT2D eigenvalue weighted by Gasteiger charge is 2.24. The Morgan fingerprint density at radius 1 is 1.16 bits per heavy atom. The highest BCUT2D eigenvalue weighted by molar-refractivity contribution is 6.31. The molecule has 1 aromatic rings. The van der Waals surface area contributed by atoms with E-state index in [1.807, 2.05) is 0 Å². The van der Waals surface area contributed by atoms with Gasteiger partial charge in [0.25, 0.3) is 5.91 Å². The van der Waals surface area contributed by atoms with Crippen molar-refractivity contribution in [1.82, 2.24) is 19.8 Å². The van der Waals surface area contributed by atoms with Crippen LogP contribution in [0.5, 0.6) is 0 Å². The number of anilines is 2. The fourth-order valence-corrected chi connectivity index (χ4v) is 3.68. The van der Waals surface area contributed by atoms with Gasteiger partial charge >= 0.3 is 0 Å². The SMILES string of the molecule is Cl.Cl.N=C(N)N(CCCCC1CCN(CCCO)CC1)C(=O)c1nc(Cl)c(N)nc1N. The van der Waals surface area contributed by atoms with Gasteiger partial charge < -0.3 is 27.2 Å². The molecule has 0 saturated carbocycles. The van der Waals surface area contributed by atoms with Crippen LogP contribution in [0.3, 0.4) is 0 Å². The van der Waals surface area contributed by atoms with Crippen LogP contribution in [0, 0.1) is 11.3 Å². The molecule has 0 unspecified atom stereocenters. The molecular formula is C18H33Cl3N8O2. The molecule has 1 aliphatic rings. The van der Waals surface area contributed by atoms with Gasteiger partial charge in [0.2, 0.25) is 0 Å². The number of nitrogens with one attached hydrogen (secondary N) is 1. The summed E-state index contributed by atoms with van der Waals surface area (Å²) in [6, 6.07) is 0. The van der Waals surface area contributed by atoms with Gasteiger partial charge in [-0.25, -0.2) is 9.97 Å². The number of carbonyl (C=O) groups excluding carboxylic acids is 1. The largest absolute Gasteiger partial charge is 0.396 e. The molecule has 8 N–H and O–H groups in total. The fourth-order valence-electron chi connectivity index (χ4n) is 3.55. The van der Waals surface area contributed by atoms with Crippen LogP contribution in [-0.2, 0) is 0 Å². The lowest BCUT2D eigenvalue weighted by Crippen LogP contribution is -2.42. The van der Waals surface area contributed by atoms with Gasteiger partial charge in [0.1, 0.15) is 0 Å². The predicted molar refractivity (Wildman–Crippen MR) is 128 cm³/mol. The lowest BCUT2D eigenvalue weighted by molar-refractivity contribution is 0.0837. The van der Waals surface area contributed by atoms with E-state index >= 15 is 0 Å². The third-order valence-electron chi connectivity index (χ3n) is 5.23. The molecule has 10 nitrogen and oxygen atoms in total. The van der Waals surface area contributed by atoms with Crippen LogP contribution in [0.4, 0.5) is 11.6 Å². The van der Waals surface area contributed by atoms with Crippen molar-refractivity contribution in [3.05, 3.63) is 10.8 Å². The first-order chi connectivity index (χ1) is 13.8. The van der Waals surface area contributed by atoms with E-state index < -0.39 is 5.91 Å². The number of nitrogens with zero attached hydrogens (tertiary/aromatic N) is 4. The van der Waals surface area contributed by atoms with E-state index in [9.17, 15) is 4.79 Å². The van der Waals surface area contributed by atoms with Crippen molar-refractivity contribution in [3.8, 4) is 0 Å². The number of hydrogen-bond acceptors (Lipinski definition) is 8. The summed E-state index contributed by atoms with van der Waals surface area (Å²) in [5, 5.41) is 16.5. The molecule has 1 aliphatic heterocycles. The van der Waals surface area contributed by atoms with Crippen molar-refractivity contribution in [2.75, 3.05) is 44.3 Å². The van der Waals surface area contributed by atoms with Gasteiger partial charge in [-0.1, -0.05) is 24.4 Å². The zero-order valence-electron chi connectivity index (χ0n) is 17.4. The molecule has 0 spiro atoms. The maximum Gasteiger partial charge on any atom is 0.283 e. The average Bonchev–Trinajstić information content (AvgIpc) is 2.69. The number of amides is 1. The Labute approximate surface area is 200 Å². The molecule has 0 aliphatic carbocycles. The predicted octanol–water partition coefficient (Wildman–Crippen LogP) is 1.74. The lowest BCUT2D eigenvalue weighted by atomic mass is 9.91. The van der Waals surface area contributed by atoms with Gasteiger partial charge in [-0.05, 0) is 44.7 Å². The first kappa shape index (κ1) is 29.4. The molecule has 1 amide bonds. The maximum absolute atomic E-state index is 12.7. The average molecular weight is 500 g/mol. The van der Waals surface area contributed by atoms with Crippen LogP contribution in [0.1, 0.15) is 49.0 Å². The number of unbranched alkanes of at least 4 members (excludes halogenated alkanes) is 1. The molecule has 2 rings (SSSR count). The number of carbonyl (C=O) groups is 1. The Hall–Kier alpha value is -1.59. The number of aromatic nitrogens is 2. The second-order valence-electron chi connectivity index (χ2n) is 7.33. The van der Waals surface area contributed by atoms with Crippen molar-refractivity contribution in [1.29, 1.82) is 5.41 Å². The number of likely N-dealkylation sites (tertiary alicyclic amines) is 1. The first-order valence-corrected chi connectivity index (χ1v) is 10.3. The molecular weight excluding hydrogens is 467 g/mol. The summed E-state index contributed by atoms with van der Waals surface area (Å²) < 4.78 is 0. The van der Waals surface area contributed by atoms with E-state index in [0.717, 1.165) is 56.6 Å². The summed E-state index contributed by atoms with van der Waals surface area (Å²) in [6.07, 6.45) is 5.85. The summed E-state index contributed by atoms with van der Waals surface area (Å²) in [4.78, 5) is 23.9. The minimum absolute atomic E-state index is 0. The summed E-state index contributed by atoms with van der Waals surface area (Å²) in [7, 11) is 0. The monoisotopic (exact) mass is 498 g/mol. The maximum atomic E-state index is 12.7. The van der Waals surface area contributed by atoms with Gasteiger partial charge in [0.15, 0.2) is 28.4 Å². The first-order valence-electron chi connectivity index (χ1n) is 9.91. The molecule has 1 aromatic heterocycles. The standard InChI is InChI=1S/C18H31ClN8O2.2ClH/c19-14-16(21)25-15(20)13(24-14)17(29)27(18(22)23)8-2-1-4-12-5-9-26(10-6-12)7-3-11-28;;/h12,28H,1-11H2,(H3,22,23)(H4,20,21,25);2*1H. The summed E-state index contributed by atoms with van der Waals surface area (Å²) in [5.74, 6) is -0.518. The molecule has 0 aromatic carbocycles. The molecule has 31 heavy (non-hydrogen) atoms. The number of aliphatic hydroxyl groups is 1. The molecule has 178 valence electrons. The van der Waals surface area contributed by atoms with Crippen molar-refractivity contribution >= 4 is 59.9 Å². The molecule has 1 saturated heterocycles. The third-order valence-corrected chi connectivity index (χ3v) is 5.51. The second-order valence-corrected chi connectivity index (χ2v) is 7.69. The number of halogens is 3. The van der Waals surface area contributed by atoms with Crippen LogP contribution in [0.25, 0.3) is 0 Å². The molecule has 0 radical (unpaired) electrons. The number of piperidine rings is 1. The number of nitrogens with two attached hydrogens (primary N) is 3. The number of aliphatic hydroxyl groups excluding tert-OH is 1. The van der Waals surface area contributed by atoms with Crippen LogP contribution >= 0.6 is 36.4 Å². The number of nitrogen functional groups attached to an aromatic ring is 2. The summed E-state index contributed by atoms with van der Waals surface area (Å²) in [6.45, 7) is 3.63. The number of rotatable bonds is 9. The van der Waals surface area contributed by atoms with Gasteiger partial charge in [-0.3, -0.25) is 15.1 Å². The quantitative estimate of drug-likeness (QED) is 0.194. The molecule has 1 fully saturated rings. The van der Waals surface area contributed by atoms with Crippen LogP contribution in [0.2, 0.25) is 5.15 Å². The Morgan fingerprint density at radius 2 is 1.81 bits per heavy atom. The second kappa shape index (κ2) is 14.5. The zero-order valence-corrected chi connectivity index (χ0v) is 19.8. The van der Waals surface area contributed by atoms with Crippen molar-refractivity contribution in [2.45, 2.75) is 38.5 Å². The topological polar surface area (TPSA) is 171 Å². The Morgan fingerprint density at radius 3 is 2.39 bits per heavy atom. The van der Waals surface area contributed by atoms with Crippen LogP contribution in [0.15, 0.2) is 0 Å². The van der Waals surface area contributed by atoms with Gasteiger partial charge in [0.05, 0.1) is 0 Å². The van der Waals surface area contributed by atoms with E-state index in [4.69, 9.17) is 39.3 Å². The molecule has 13 heteroatoms. The molecule has 2 heterocycles. The van der Waals surface area contributed by atoms with Gasteiger partial charge in [-0.2, -0.15) is 0 Å². The summed E-state index contributed by atoms with van der Waals surface area (Å²) >= 11 is 5.84. The number of guanidine groups is 1. The van der Waals surface area contributed by atoms with Crippen LogP contribution in [-0.4, -0.2) is 69.5 Å². The van der Waals surface area contributed by atoms with Crippen molar-refractivity contribution < 1.29 is 9.90 Å². The third kappa shape index (κ3) is 8.82. The minimum Gasteiger partial charge on any atom is -0.396 e. The highest BCUT2D eigenvalue weighted by Crippen LogP contribution is 2.23. The van der Waals surface area contributed by atoms with Gasteiger partial charge in [-0.15, -0.1) is 24.8 Å². The Kier molecular flexibility index (Phi) is 13.7. The van der Waals surface area contributed by atoms with E-state index in [1.54, 1.807) is 0 Å². The zero-order chi connectivity index (χ0) is 21.4. The lowest BCUT2D eigenvalue weighted by Gasteiger charge is -2.32. The fraction of sp³-hybridized carbons (Fsp3) is 0.667. The van der Waals surface area contributed by atoms with E-state index in [-0.39, 0.29) is 59.9 Å².